The third-order valence-electron chi connectivity index (χ3n) is 5.24. The fraction of sp³-hybridized carbons (Fsp3) is 0.632. The summed E-state index contributed by atoms with van der Waals surface area (Å²) in [7, 11) is 3.30. The molecule has 6 nitrogen and oxygen atoms in total. The first-order valence-corrected chi connectivity index (χ1v) is 9.16. The van der Waals surface area contributed by atoms with Crippen molar-refractivity contribution in [1.82, 2.24) is 4.90 Å². The van der Waals surface area contributed by atoms with E-state index in [9.17, 15) is 4.79 Å². The quantitative estimate of drug-likeness (QED) is 0.754. The maximum Gasteiger partial charge on any atom is 0.498 e. The topological polar surface area (TPSA) is 51.2 Å². The van der Waals surface area contributed by atoms with Gasteiger partial charge in [0.15, 0.2) is 0 Å². The molecule has 0 aliphatic carbocycles. The van der Waals surface area contributed by atoms with Crippen molar-refractivity contribution in [1.29, 1.82) is 0 Å². The molecule has 0 atom stereocenters. The Bertz CT molecular complexity index is 641. The zero-order valence-electron chi connectivity index (χ0n) is 17.3. The van der Waals surface area contributed by atoms with Crippen LogP contribution in [0.2, 0.25) is 0 Å². The van der Waals surface area contributed by atoms with Gasteiger partial charge in [-0.05, 0) is 47.6 Å². The summed E-state index contributed by atoms with van der Waals surface area (Å²) in [5.74, 6) is 0.464. The number of hydrogen-bond acceptors (Lipinski definition) is 5. The summed E-state index contributed by atoms with van der Waals surface area (Å²) < 4.78 is 18.0. The SMILES string of the molecule is CCN(CC)C(=O)Oc1cc(N(C)C)ccc1B1OC(C)(C)C(C)(C)O1. The molecule has 1 saturated heterocycles. The lowest BCUT2D eigenvalue weighted by Gasteiger charge is -2.32. The number of carbonyl (C=O) groups is 1. The van der Waals surface area contributed by atoms with Gasteiger partial charge in [-0.1, -0.05) is 6.07 Å². The van der Waals surface area contributed by atoms with E-state index < -0.39 is 18.3 Å². The first-order valence-electron chi connectivity index (χ1n) is 9.16. The molecule has 144 valence electrons. The summed E-state index contributed by atoms with van der Waals surface area (Å²) in [6.45, 7) is 13.0. The maximum absolute atomic E-state index is 12.5. The van der Waals surface area contributed by atoms with E-state index >= 15 is 0 Å². The van der Waals surface area contributed by atoms with Gasteiger partial charge in [-0.25, -0.2) is 4.79 Å². The summed E-state index contributed by atoms with van der Waals surface area (Å²) in [4.78, 5) is 16.1. The van der Waals surface area contributed by atoms with Crippen LogP contribution in [-0.2, 0) is 9.31 Å². The number of anilines is 1. The number of amides is 1. The molecule has 0 aromatic heterocycles. The lowest BCUT2D eigenvalue weighted by atomic mass is 9.78. The van der Waals surface area contributed by atoms with Crippen molar-refractivity contribution in [3.05, 3.63) is 18.2 Å². The monoisotopic (exact) mass is 362 g/mol. The lowest BCUT2D eigenvalue weighted by molar-refractivity contribution is 0.00578. The van der Waals surface area contributed by atoms with Crippen LogP contribution in [-0.4, -0.2) is 56.5 Å². The molecular formula is C19H31BN2O4. The molecule has 1 heterocycles. The van der Waals surface area contributed by atoms with Gasteiger partial charge < -0.3 is 23.8 Å². The van der Waals surface area contributed by atoms with Crippen LogP contribution in [0.1, 0.15) is 41.5 Å². The van der Waals surface area contributed by atoms with E-state index in [1.165, 1.54) is 0 Å². The molecule has 0 unspecified atom stereocenters. The van der Waals surface area contributed by atoms with E-state index in [2.05, 4.69) is 0 Å². The fourth-order valence-corrected chi connectivity index (χ4v) is 2.69. The van der Waals surface area contributed by atoms with E-state index in [-0.39, 0.29) is 6.09 Å². The van der Waals surface area contributed by atoms with E-state index in [0.717, 1.165) is 11.2 Å². The Hall–Kier alpha value is -1.73. The number of benzene rings is 1. The van der Waals surface area contributed by atoms with Crippen molar-refractivity contribution in [2.24, 2.45) is 0 Å². The molecule has 2 rings (SSSR count). The minimum Gasteiger partial charge on any atom is -0.410 e. The van der Waals surface area contributed by atoms with Gasteiger partial charge in [0, 0.05) is 44.4 Å². The molecule has 0 spiro atoms. The highest BCUT2D eigenvalue weighted by Crippen LogP contribution is 2.37. The Kier molecular flexibility index (Phi) is 5.93. The Morgan fingerprint density at radius 1 is 1.08 bits per heavy atom. The highest BCUT2D eigenvalue weighted by Gasteiger charge is 2.52. The van der Waals surface area contributed by atoms with Gasteiger partial charge >= 0.3 is 13.2 Å². The summed E-state index contributed by atoms with van der Waals surface area (Å²) >= 11 is 0. The van der Waals surface area contributed by atoms with Crippen LogP contribution < -0.4 is 15.1 Å². The number of nitrogens with zero attached hydrogens (tertiary/aromatic N) is 2. The molecule has 0 radical (unpaired) electrons. The van der Waals surface area contributed by atoms with Crippen LogP contribution in [0, 0.1) is 0 Å². The Morgan fingerprint density at radius 2 is 1.62 bits per heavy atom. The molecule has 1 amide bonds. The van der Waals surface area contributed by atoms with Crippen molar-refractivity contribution in [3.63, 3.8) is 0 Å². The van der Waals surface area contributed by atoms with E-state index in [4.69, 9.17) is 14.0 Å². The largest absolute Gasteiger partial charge is 0.498 e. The average molecular weight is 362 g/mol. The number of ether oxygens (including phenoxy) is 1. The van der Waals surface area contributed by atoms with E-state index in [1.807, 2.05) is 78.7 Å². The van der Waals surface area contributed by atoms with Gasteiger partial charge in [-0.2, -0.15) is 0 Å². The molecule has 1 aromatic carbocycles. The summed E-state index contributed by atoms with van der Waals surface area (Å²) in [6.07, 6.45) is -0.372. The van der Waals surface area contributed by atoms with Crippen LogP contribution in [0.4, 0.5) is 10.5 Å². The maximum atomic E-state index is 12.5. The third-order valence-corrected chi connectivity index (χ3v) is 5.24. The van der Waals surface area contributed by atoms with Gasteiger partial charge in [0.2, 0.25) is 0 Å². The molecule has 0 saturated carbocycles. The first-order chi connectivity index (χ1) is 12.0. The average Bonchev–Trinajstić information content (AvgIpc) is 2.76. The van der Waals surface area contributed by atoms with Crippen molar-refractivity contribution in [3.8, 4) is 5.75 Å². The highest BCUT2D eigenvalue weighted by atomic mass is 16.7. The van der Waals surface area contributed by atoms with E-state index in [1.54, 1.807) is 4.90 Å². The smallest absolute Gasteiger partial charge is 0.410 e. The molecule has 1 fully saturated rings. The van der Waals surface area contributed by atoms with Crippen molar-refractivity contribution < 1.29 is 18.8 Å². The molecule has 26 heavy (non-hydrogen) atoms. The second-order valence-corrected chi connectivity index (χ2v) is 7.75. The van der Waals surface area contributed by atoms with Crippen LogP contribution in [0.5, 0.6) is 5.75 Å². The van der Waals surface area contributed by atoms with Gasteiger partial charge in [0.1, 0.15) is 5.75 Å². The van der Waals surface area contributed by atoms with Crippen molar-refractivity contribution in [2.45, 2.75) is 52.7 Å². The minimum absolute atomic E-state index is 0.372. The number of rotatable bonds is 5. The highest BCUT2D eigenvalue weighted by molar-refractivity contribution is 6.63. The fourth-order valence-electron chi connectivity index (χ4n) is 2.69. The standard InChI is InChI=1S/C19H31BN2O4/c1-9-22(10-2)17(23)24-16-13-14(21(7)8)11-12-15(16)20-25-18(3,4)19(5,6)26-20/h11-13H,9-10H2,1-8H3. The zero-order valence-corrected chi connectivity index (χ0v) is 17.3. The molecule has 1 aromatic rings. The van der Waals surface area contributed by atoms with Crippen LogP contribution in [0.25, 0.3) is 0 Å². The number of hydrogen-bond donors (Lipinski definition) is 0. The second-order valence-electron chi connectivity index (χ2n) is 7.75. The van der Waals surface area contributed by atoms with Crippen molar-refractivity contribution >= 4 is 24.4 Å². The lowest BCUT2D eigenvalue weighted by Crippen LogP contribution is -2.41. The van der Waals surface area contributed by atoms with Crippen LogP contribution in [0.3, 0.4) is 0 Å². The molecule has 1 aliphatic heterocycles. The van der Waals surface area contributed by atoms with Gasteiger partial charge in [-0.15, -0.1) is 0 Å². The minimum atomic E-state index is -0.587. The summed E-state index contributed by atoms with van der Waals surface area (Å²) in [5.41, 5.74) is 0.734. The number of carbonyl (C=O) groups excluding carboxylic acids is 1. The molecule has 0 N–H and O–H groups in total. The first kappa shape index (κ1) is 20.6. The molecule has 1 aliphatic rings. The van der Waals surface area contributed by atoms with Crippen LogP contribution >= 0.6 is 0 Å². The van der Waals surface area contributed by atoms with Gasteiger partial charge in [0.25, 0.3) is 0 Å². The second kappa shape index (κ2) is 7.49. The summed E-state index contributed by atoms with van der Waals surface area (Å²) in [5, 5.41) is 0. The molecule has 7 heteroatoms. The Balaban J connectivity index is 2.39. The predicted molar refractivity (Wildman–Crippen MR) is 105 cm³/mol. The predicted octanol–water partition coefficient (Wildman–Crippen LogP) is 2.89. The third kappa shape index (κ3) is 3.99. The van der Waals surface area contributed by atoms with Crippen molar-refractivity contribution in [2.75, 3.05) is 32.1 Å². The molecular weight excluding hydrogens is 331 g/mol. The summed E-state index contributed by atoms with van der Waals surface area (Å²) in [6, 6.07) is 5.72. The molecule has 0 bridgehead atoms. The Labute approximate surface area is 157 Å². The Morgan fingerprint density at radius 3 is 2.08 bits per heavy atom. The van der Waals surface area contributed by atoms with E-state index in [0.29, 0.717) is 18.8 Å². The van der Waals surface area contributed by atoms with Gasteiger partial charge in [-0.3, -0.25) is 0 Å². The normalized spacial score (nSPS) is 17.9. The van der Waals surface area contributed by atoms with Gasteiger partial charge in [0.05, 0.1) is 11.2 Å². The van der Waals surface area contributed by atoms with Crippen LogP contribution in [0.15, 0.2) is 18.2 Å². The zero-order chi connectivity index (χ0) is 19.7.